The number of ether oxygens (including phenoxy) is 1. The van der Waals surface area contributed by atoms with Gasteiger partial charge in [0.15, 0.2) is 0 Å². The second-order valence-electron chi connectivity index (χ2n) is 8.99. The predicted molar refractivity (Wildman–Crippen MR) is 139 cm³/mol. The first-order valence-corrected chi connectivity index (χ1v) is 12.8. The normalized spacial score (nSPS) is 15.5. The van der Waals surface area contributed by atoms with Crippen molar-refractivity contribution in [3.8, 4) is 5.75 Å². The van der Waals surface area contributed by atoms with Gasteiger partial charge in [-0.05, 0) is 88.1 Å². The van der Waals surface area contributed by atoms with E-state index in [0.717, 1.165) is 52.7 Å². The summed E-state index contributed by atoms with van der Waals surface area (Å²) < 4.78 is 5.86. The zero-order chi connectivity index (χ0) is 23.5. The molecule has 3 heterocycles. The van der Waals surface area contributed by atoms with E-state index in [1.54, 1.807) is 12.5 Å². The van der Waals surface area contributed by atoms with Crippen molar-refractivity contribution in [1.82, 2.24) is 19.9 Å². The number of nitrogens with zero attached hydrogens (tertiary/aromatic N) is 4. The van der Waals surface area contributed by atoms with E-state index in [0.29, 0.717) is 17.4 Å². The molecule has 1 aromatic carbocycles. The number of rotatable bonds is 8. The van der Waals surface area contributed by atoms with Crippen LogP contribution in [-0.4, -0.2) is 40.5 Å². The summed E-state index contributed by atoms with van der Waals surface area (Å²) in [6.07, 6.45) is 8.07. The van der Waals surface area contributed by atoms with E-state index in [9.17, 15) is 0 Å². The second-order valence-corrected chi connectivity index (χ2v) is 10.5. The van der Waals surface area contributed by atoms with E-state index < -0.39 is 0 Å². The molecule has 0 fully saturated rings. The number of halogens is 1. The van der Waals surface area contributed by atoms with Gasteiger partial charge in [0.2, 0.25) is 0 Å². The van der Waals surface area contributed by atoms with Gasteiger partial charge in [-0.25, -0.2) is 9.97 Å². The van der Waals surface area contributed by atoms with Gasteiger partial charge >= 0.3 is 0 Å². The Balaban J connectivity index is 1.33. The molecule has 8 heteroatoms. The maximum absolute atomic E-state index is 6.52. The van der Waals surface area contributed by atoms with Crippen LogP contribution in [0.3, 0.4) is 0 Å². The van der Waals surface area contributed by atoms with E-state index in [1.807, 2.05) is 47.7 Å². The standard InChI is InChI=1S/C26H28ClN5OS/c1-32(2)12-10-17-6-8-20-23(13-17)34-26-24(20)25(29-16-30-26)31-18-7-9-22(21(27)14-18)33-15-19-5-3-4-11-28-19/h3-5,7,9,11,14,16-17H,6,8,10,12-13,15H2,1-2H3,(H,29,30,31). The molecular formula is C26H28ClN5OS. The van der Waals surface area contributed by atoms with Gasteiger partial charge in [-0.3, -0.25) is 4.98 Å². The topological polar surface area (TPSA) is 63.2 Å². The van der Waals surface area contributed by atoms with Crippen molar-refractivity contribution in [2.75, 3.05) is 26.0 Å². The largest absolute Gasteiger partial charge is 0.486 e. The second kappa shape index (κ2) is 10.3. The van der Waals surface area contributed by atoms with Crippen molar-refractivity contribution in [2.45, 2.75) is 32.3 Å². The Kier molecular flexibility index (Phi) is 6.94. The molecule has 5 rings (SSSR count). The molecule has 0 amide bonds. The quantitative estimate of drug-likeness (QED) is 0.319. The Labute approximate surface area is 209 Å². The molecule has 0 bridgehead atoms. The Bertz CT molecular complexity index is 1280. The van der Waals surface area contributed by atoms with Crippen LogP contribution in [0.5, 0.6) is 5.75 Å². The van der Waals surface area contributed by atoms with Gasteiger partial charge in [-0.15, -0.1) is 11.3 Å². The smallest absolute Gasteiger partial charge is 0.142 e. The molecule has 0 aliphatic heterocycles. The van der Waals surface area contributed by atoms with Gasteiger partial charge in [0.1, 0.15) is 29.3 Å². The van der Waals surface area contributed by atoms with Gasteiger partial charge in [0.25, 0.3) is 0 Å². The molecule has 3 aromatic heterocycles. The van der Waals surface area contributed by atoms with Crippen LogP contribution in [0.4, 0.5) is 11.5 Å². The maximum atomic E-state index is 6.52. The molecule has 1 atom stereocenters. The lowest BCUT2D eigenvalue weighted by atomic mass is 9.86. The van der Waals surface area contributed by atoms with Crippen LogP contribution in [0.25, 0.3) is 10.2 Å². The summed E-state index contributed by atoms with van der Waals surface area (Å²) in [5.74, 6) is 2.21. The average molecular weight is 494 g/mol. The van der Waals surface area contributed by atoms with Crippen LogP contribution >= 0.6 is 22.9 Å². The molecule has 0 spiro atoms. The summed E-state index contributed by atoms with van der Waals surface area (Å²) in [7, 11) is 4.29. The van der Waals surface area contributed by atoms with Crippen LogP contribution < -0.4 is 10.1 Å². The number of pyridine rings is 1. The van der Waals surface area contributed by atoms with Gasteiger partial charge in [-0.2, -0.15) is 0 Å². The number of anilines is 2. The summed E-state index contributed by atoms with van der Waals surface area (Å²) in [4.78, 5) is 18.2. The fourth-order valence-electron chi connectivity index (χ4n) is 4.43. The molecular weight excluding hydrogens is 466 g/mol. The zero-order valence-corrected chi connectivity index (χ0v) is 21.0. The highest BCUT2D eigenvalue weighted by Crippen LogP contribution is 2.41. The highest BCUT2D eigenvalue weighted by molar-refractivity contribution is 7.19. The first-order chi connectivity index (χ1) is 16.6. The molecule has 0 saturated carbocycles. The van der Waals surface area contributed by atoms with Gasteiger partial charge < -0.3 is 15.0 Å². The fraction of sp³-hybridized carbons (Fsp3) is 0.346. The molecule has 6 nitrogen and oxygen atoms in total. The lowest BCUT2D eigenvalue weighted by Gasteiger charge is -2.23. The summed E-state index contributed by atoms with van der Waals surface area (Å²) in [5.41, 5.74) is 3.13. The highest BCUT2D eigenvalue weighted by Gasteiger charge is 2.25. The van der Waals surface area contributed by atoms with Crippen molar-refractivity contribution in [3.05, 3.63) is 70.1 Å². The average Bonchev–Trinajstić information content (AvgIpc) is 3.21. The number of aromatic nitrogens is 3. The molecule has 1 unspecified atom stereocenters. The Morgan fingerprint density at radius 2 is 2.09 bits per heavy atom. The number of hydrogen-bond acceptors (Lipinski definition) is 7. The van der Waals surface area contributed by atoms with Crippen LogP contribution in [0.1, 0.15) is 29.0 Å². The molecule has 176 valence electrons. The maximum Gasteiger partial charge on any atom is 0.142 e. The summed E-state index contributed by atoms with van der Waals surface area (Å²) >= 11 is 8.34. The third kappa shape index (κ3) is 5.17. The molecule has 4 aromatic rings. The van der Waals surface area contributed by atoms with Gasteiger partial charge in [-0.1, -0.05) is 17.7 Å². The first-order valence-electron chi connectivity index (χ1n) is 11.6. The zero-order valence-electron chi connectivity index (χ0n) is 19.4. The highest BCUT2D eigenvalue weighted by atomic mass is 35.5. The van der Waals surface area contributed by atoms with Crippen molar-refractivity contribution in [3.63, 3.8) is 0 Å². The number of hydrogen-bond donors (Lipinski definition) is 1. The number of nitrogens with one attached hydrogen (secondary N) is 1. The van der Waals surface area contributed by atoms with E-state index in [2.05, 4.69) is 39.3 Å². The molecule has 34 heavy (non-hydrogen) atoms. The lowest BCUT2D eigenvalue weighted by Crippen LogP contribution is -2.20. The fourth-order valence-corrected chi connectivity index (χ4v) is 5.96. The SMILES string of the molecule is CN(C)CCC1CCc2c(sc3ncnc(Nc4ccc(OCc5ccccn5)c(Cl)c4)c23)C1. The molecule has 1 aliphatic carbocycles. The molecule has 1 aliphatic rings. The predicted octanol–water partition coefficient (Wildman–Crippen LogP) is 6.12. The number of benzene rings is 1. The first kappa shape index (κ1) is 23.0. The minimum absolute atomic E-state index is 0.371. The third-order valence-electron chi connectivity index (χ3n) is 6.23. The van der Waals surface area contributed by atoms with Crippen LogP contribution in [0, 0.1) is 5.92 Å². The van der Waals surface area contributed by atoms with Crippen LogP contribution in [0.15, 0.2) is 48.9 Å². The van der Waals surface area contributed by atoms with Gasteiger partial charge in [0.05, 0.1) is 16.1 Å². The number of aryl methyl sites for hydroxylation is 1. The molecule has 1 N–H and O–H groups in total. The third-order valence-corrected chi connectivity index (χ3v) is 7.69. The van der Waals surface area contributed by atoms with Gasteiger partial charge in [0, 0.05) is 16.8 Å². The van der Waals surface area contributed by atoms with E-state index >= 15 is 0 Å². The van der Waals surface area contributed by atoms with E-state index in [4.69, 9.17) is 16.3 Å². The van der Waals surface area contributed by atoms with E-state index in [-0.39, 0.29) is 0 Å². The molecule has 0 radical (unpaired) electrons. The lowest BCUT2D eigenvalue weighted by molar-refractivity contribution is 0.301. The van der Waals surface area contributed by atoms with Crippen molar-refractivity contribution in [1.29, 1.82) is 0 Å². The minimum atomic E-state index is 0.371. The Morgan fingerprint density at radius 1 is 1.18 bits per heavy atom. The summed E-state index contributed by atoms with van der Waals surface area (Å²) in [5, 5.41) is 5.17. The Morgan fingerprint density at radius 3 is 2.88 bits per heavy atom. The molecule has 0 saturated heterocycles. The summed E-state index contributed by atoms with van der Waals surface area (Å²) in [6.45, 7) is 1.51. The minimum Gasteiger partial charge on any atom is -0.486 e. The van der Waals surface area contributed by atoms with Crippen LogP contribution in [0.2, 0.25) is 5.02 Å². The Hall–Kier alpha value is -2.74. The van der Waals surface area contributed by atoms with E-state index in [1.165, 1.54) is 23.3 Å². The van der Waals surface area contributed by atoms with Crippen molar-refractivity contribution in [2.24, 2.45) is 5.92 Å². The summed E-state index contributed by atoms with van der Waals surface area (Å²) in [6, 6.07) is 11.5. The van der Waals surface area contributed by atoms with Crippen molar-refractivity contribution < 1.29 is 4.74 Å². The van der Waals surface area contributed by atoms with Crippen molar-refractivity contribution >= 4 is 44.7 Å². The number of thiophene rings is 1. The monoisotopic (exact) mass is 493 g/mol. The van der Waals surface area contributed by atoms with Crippen LogP contribution in [-0.2, 0) is 19.4 Å². The number of fused-ring (bicyclic) bond motifs is 3.